The molecule has 0 aromatic heterocycles. The van der Waals surface area contributed by atoms with Crippen molar-refractivity contribution in [1.29, 1.82) is 0 Å². The minimum absolute atomic E-state index is 0.318. The molecule has 2 rings (SSSR count). The van der Waals surface area contributed by atoms with Gasteiger partial charge in [-0.1, -0.05) is 44.2 Å². The fourth-order valence-electron chi connectivity index (χ4n) is 2.44. The minimum Gasteiger partial charge on any atom is -0.338 e. The molecule has 0 aliphatic carbocycles. The third-order valence-corrected chi connectivity index (χ3v) is 3.72. The van der Waals surface area contributed by atoms with E-state index >= 15 is 0 Å². The summed E-state index contributed by atoms with van der Waals surface area (Å²) in [6, 6.07) is 10.2. The van der Waals surface area contributed by atoms with Gasteiger partial charge in [0, 0.05) is 19.5 Å². The Morgan fingerprint density at radius 3 is 2.59 bits per heavy atom. The van der Waals surface area contributed by atoms with E-state index in [0.717, 1.165) is 25.9 Å². The van der Waals surface area contributed by atoms with Crippen molar-refractivity contribution in [3.05, 3.63) is 35.9 Å². The summed E-state index contributed by atoms with van der Waals surface area (Å²) in [4.78, 5) is 14.0. The Kier molecular flexibility index (Phi) is 3.82. The van der Waals surface area contributed by atoms with Crippen LogP contribution in [0.25, 0.3) is 0 Å². The van der Waals surface area contributed by atoms with Gasteiger partial charge in [-0.2, -0.15) is 0 Å². The molecule has 1 fully saturated rings. The van der Waals surface area contributed by atoms with Gasteiger partial charge < -0.3 is 4.90 Å². The highest BCUT2D eigenvalue weighted by molar-refractivity contribution is 5.77. The largest absolute Gasteiger partial charge is 0.338 e. The summed E-state index contributed by atoms with van der Waals surface area (Å²) in [7, 11) is 0. The van der Waals surface area contributed by atoms with Gasteiger partial charge in [0.25, 0.3) is 0 Å². The van der Waals surface area contributed by atoms with Crippen molar-refractivity contribution in [2.24, 2.45) is 11.8 Å². The van der Waals surface area contributed by atoms with Crippen molar-refractivity contribution in [3.8, 4) is 0 Å². The van der Waals surface area contributed by atoms with Gasteiger partial charge in [-0.05, 0) is 23.8 Å². The van der Waals surface area contributed by atoms with Crippen molar-refractivity contribution in [3.63, 3.8) is 0 Å². The van der Waals surface area contributed by atoms with Gasteiger partial charge >= 0.3 is 0 Å². The van der Waals surface area contributed by atoms with Crippen LogP contribution in [0.15, 0.2) is 30.3 Å². The lowest BCUT2D eigenvalue weighted by Crippen LogP contribution is -2.39. The lowest BCUT2D eigenvalue weighted by atomic mass is 9.86. The van der Waals surface area contributed by atoms with E-state index in [1.54, 1.807) is 0 Å². The zero-order valence-electron chi connectivity index (χ0n) is 10.7. The molecule has 0 spiro atoms. The summed E-state index contributed by atoms with van der Waals surface area (Å²) in [6.45, 7) is 6.11. The molecule has 1 atom stereocenters. The zero-order chi connectivity index (χ0) is 12.3. The highest BCUT2D eigenvalue weighted by Crippen LogP contribution is 2.26. The van der Waals surface area contributed by atoms with Gasteiger partial charge in [-0.3, -0.25) is 4.79 Å². The van der Waals surface area contributed by atoms with Crippen LogP contribution in [0.4, 0.5) is 0 Å². The van der Waals surface area contributed by atoms with Crippen LogP contribution < -0.4 is 0 Å². The second-order valence-electron chi connectivity index (χ2n) is 5.30. The minimum atomic E-state index is 0.318. The molecule has 1 aromatic rings. The predicted molar refractivity (Wildman–Crippen MR) is 69.4 cm³/mol. The first-order valence-electron chi connectivity index (χ1n) is 6.48. The van der Waals surface area contributed by atoms with Crippen molar-refractivity contribution in [2.75, 3.05) is 6.54 Å². The van der Waals surface area contributed by atoms with Gasteiger partial charge in [0.05, 0.1) is 0 Å². The molecule has 1 aromatic carbocycles. The average molecular weight is 231 g/mol. The van der Waals surface area contributed by atoms with E-state index in [0.29, 0.717) is 17.7 Å². The van der Waals surface area contributed by atoms with Gasteiger partial charge in [0.1, 0.15) is 0 Å². The lowest BCUT2D eigenvalue weighted by molar-refractivity contribution is -0.136. The van der Waals surface area contributed by atoms with Crippen molar-refractivity contribution < 1.29 is 4.79 Å². The van der Waals surface area contributed by atoms with Crippen LogP contribution in [0.5, 0.6) is 0 Å². The molecule has 2 heteroatoms. The zero-order valence-corrected chi connectivity index (χ0v) is 10.7. The second kappa shape index (κ2) is 5.35. The third kappa shape index (κ3) is 3.09. The molecular formula is C15H21NO. The maximum atomic E-state index is 12.0. The maximum Gasteiger partial charge on any atom is 0.223 e. The molecule has 0 unspecified atom stereocenters. The predicted octanol–water partition coefficient (Wildman–Crippen LogP) is 3.08. The first-order chi connectivity index (χ1) is 8.16. The molecule has 0 bridgehead atoms. The van der Waals surface area contributed by atoms with Crippen molar-refractivity contribution >= 4 is 5.91 Å². The number of rotatable bonds is 3. The first kappa shape index (κ1) is 12.2. The van der Waals surface area contributed by atoms with Crippen LogP contribution in [-0.2, 0) is 11.3 Å². The van der Waals surface area contributed by atoms with E-state index in [4.69, 9.17) is 0 Å². The molecule has 2 nitrogen and oxygen atoms in total. The number of carbonyl (C=O) groups is 1. The summed E-state index contributed by atoms with van der Waals surface area (Å²) >= 11 is 0. The summed E-state index contributed by atoms with van der Waals surface area (Å²) in [5, 5.41) is 0. The second-order valence-corrected chi connectivity index (χ2v) is 5.30. The van der Waals surface area contributed by atoms with Crippen molar-refractivity contribution in [1.82, 2.24) is 4.90 Å². The lowest BCUT2D eigenvalue weighted by Gasteiger charge is -2.33. The Bertz CT molecular complexity index is 372. The number of amides is 1. The molecule has 1 heterocycles. The van der Waals surface area contributed by atoms with E-state index < -0.39 is 0 Å². The fraction of sp³-hybridized carbons (Fsp3) is 0.533. The third-order valence-electron chi connectivity index (χ3n) is 3.72. The fourth-order valence-corrected chi connectivity index (χ4v) is 2.44. The topological polar surface area (TPSA) is 20.3 Å². The van der Waals surface area contributed by atoms with E-state index in [1.165, 1.54) is 5.56 Å². The summed E-state index contributed by atoms with van der Waals surface area (Å²) < 4.78 is 0. The number of carbonyl (C=O) groups excluding carboxylic acids is 1. The molecule has 1 amide bonds. The molecule has 1 aliphatic rings. The molecular weight excluding hydrogens is 210 g/mol. The molecule has 1 aliphatic heterocycles. The number of hydrogen-bond donors (Lipinski definition) is 0. The smallest absolute Gasteiger partial charge is 0.223 e. The molecule has 0 radical (unpaired) electrons. The highest BCUT2D eigenvalue weighted by Gasteiger charge is 2.27. The summed E-state index contributed by atoms with van der Waals surface area (Å²) in [6.07, 6.45) is 1.88. The highest BCUT2D eigenvalue weighted by atomic mass is 16.2. The maximum absolute atomic E-state index is 12.0. The average Bonchev–Trinajstić information content (AvgIpc) is 2.33. The van der Waals surface area contributed by atoms with Gasteiger partial charge in [-0.25, -0.2) is 0 Å². The van der Waals surface area contributed by atoms with Crippen LogP contribution in [0.1, 0.15) is 32.3 Å². The number of benzene rings is 1. The van der Waals surface area contributed by atoms with E-state index in [2.05, 4.69) is 26.0 Å². The standard InChI is InChI=1S/C15H21NO/c1-12(2)14-8-9-16(15(17)10-14)11-13-6-4-3-5-7-13/h3-7,12,14H,8-11H2,1-2H3/t14-/m0/s1. The number of nitrogens with zero attached hydrogens (tertiary/aromatic N) is 1. The molecule has 17 heavy (non-hydrogen) atoms. The molecule has 1 saturated heterocycles. The van der Waals surface area contributed by atoms with Crippen molar-refractivity contribution in [2.45, 2.75) is 33.2 Å². The number of piperidine rings is 1. The Balaban J connectivity index is 1.94. The molecule has 0 N–H and O–H groups in total. The Hall–Kier alpha value is -1.31. The number of hydrogen-bond acceptors (Lipinski definition) is 1. The van der Waals surface area contributed by atoms with E-state index in [-0.39, 0.29) is 0 Å². The Morgan fingerprint density at radius 1 is 1.29 bits per heavy atom. The summed E-state index contributed by atoms with van der Waals surface area (Å²) in [5.74, 6) is 1.52. The van der Waals surface area contributed by atoms with E-state index in [1.807, 2.05) is 23.1 Å². The normalized spacial score (nSPS) is 21.0. The Labute approximate surface area is 104 Å². The van der Waals surface area contributed by atoms with Gasteiger partial charge in [0.2, 0.25) is 5.91 Å². The van der Waals surface area contributed by atoms with Crippen LogP contribution in [0, 0.1) is 11.8 Å². The molecule has 0 saturated carbocycles. The van der Waals surface area contributed by atoms with E-state index in [9.17, 15) is 4.79 Å². The quantitative estimate of drug-likeness (QED) is 0.783. The first-order valence-corrected chi connectivity index (χ1v) is 6.48. The van der Waals surface area contributed by atoms with Crippen LogP contribution >= 0.6 is 0 Å². The summed E-state index contributed by atoms with van der Waals surface area (Å²) in [5.41, 5.74) is 1.23. The SMILES string of the molecule is CC(C)[C@H]1CCN(Cc2ccccc2)C(=O)C1. The van der Waals surface area contributed by atoms with Crippen LogP contribution in [-0.4, -0.2) is 17.4 Å². The number of likely N-dealkylation sites (tertiary alicyclic amines) is 1. The van der Waals surface area contributed by atoms with Crippen LogP contribution in [0.2, 0.25) is 0 Å². The monoisotopic (exact) mass is 231 g/mol. The van der Waals surface area contributed by atoms with Gasteiger partial charge in [0.15, 0.2) is 0 Å². The molecule has 92 valence electrons. The van der Waals surface area contributed by atoms with Crippen LogP contribution in [0.3, 0.4) is 0 Å². The Morgan fingerprint density at radius 2 is 2.00 bits per heavy atom. The van der Waals surface area contributed by atoms with Gasteiger partial charge in [-0.15, -0.1) is 0 Å².